The van der Waals surface area contributed by atoms with Crippen LogP contribution in [-0.4, -0.2) is 68.5 Å². The van der Waals surface area contributed by atoms with Crippen LogP contribution in [0.5, 0.6) is 5.75 Å². The smallest absolute Gasteiger partial charge is 0.274 e. The summed E-state index contributed by atoms with van der Waals surface area (Å²) in [6.45, 7) is 3.29. The van der Waals surface area contributed by atoms with E-state index in [-0.39, 0.29) is 5.91 Å². The molecule has 31 heavy (non-hydrogen) atoms. The maximum absolute atomic E-state index is 12.8. The van der Waals surface area contributed by atoms with Gasteiger partial charge in [-0.3, -0.25) is 9.69 Å². The molecule has 0 saturated carbocycles. The highest BCUT2D eigenvalue weighted by molar-refractivity contribution is 5.93. The number of hydrogen-bond donors (Lipinski definition) is 0. The van der Waals surface area contributed by atoms with Crippen LogP contribution in [0.15, 0.2) is 59.4 Å². The highest BCUT2D eigenvalue weighted by Crippen LogP contribution is 2.20. The highest BCUT2D eigenvalue weighted by Gasteiger charge is 2.25. The number of ether oxygens (including phenoxy) is 1. The van der Waals surface area contributed by atoms with Gasteiger partial charge in [0.25, 0.3) is 5.91 Å². The van der Waals surface area contributed by atoms with Gasteiger partial charge in [0.1, 0.15) is 17.1 Å². The van der Waals surface area contributed by atoms with Crippen LogP contribution in [0.1, 0.15) is 16.4 Å². The maximum atomic E-state index is 12.8. The van der Waals surface area contributed by atoms with Crippen molar-refractivity contribution in [3.63, 3.8) is 0 Å². The Bertz CT molecular complexity index is 1160. The molecule has 5 rings (SSSR count). The van der Waals surface area contributed by atoms with Crippen molar-refractivity contribution < 1.29 is 14.1 Å². The lowest BCUT2D eigenvalue weighted by Crippen LogP contribution is -2.48. The number of aromatic nitrogens is 4. The lowest BCUT2D eigenvalue weighted by Gasteiger charge is -2.33. The average molecular weight is 418 g/mol. The van der Waals surface area contributed by atoms with E-state index in [1.807, 2.05) is 58.0 Å². The topological polar surface area (TPSA) is 89.0 Å². The van der Waals surface area contributed by atoms with Crippen molar-refractivity contribution in [1.29, 1.82) is 0 Å². The molecule has 9 heteroatoms. The molecule has 0 bridgehead atoms. The zero-order chi connectivity index (χ0) is 21.2. The Morgan fingerprint density at radius 3 is 2.61 bits per heavy atom. The molecule has 158 valence electrons. The van der Waals surface area contributed by atoms with Crippen molar-refractivity contribution in [1.82, 2.24) is 29.3 Å². The number of fused-ring (bicyclic) bond motifs is 1. The molecule has 0 spiro atoms. The number of rotatable bonds is 5. The van der Waals surface area contributed by atoms with Crippen LogP contribution >= 0.6 is 0 Å². The predicted octanol–water partition coefficient (Wildman–Crippen LogP) is 2.35. The number of methoxy groups -OCH3 is 1. The van der Waals surface area contributed by atoms with Crippen LogP contribution in [0.2, 0.25) is 0 Å². The lowest BCUT2D eigenvalue weighted by molar-refractivity contribution is 0.0610. The van der Waals surface area contributed by atoms with E-state index in [1.54, 1.807) is 13.3 Å². The molecular formula is C22H22N6O3. The van der Waals surface area contributed by atoms with E-state index in [9.17, 15) is 4.79 Å². The van der Waals surface area contributed by atoms with Gasteiger partial charge in [-0.15, -0.1) is 0 Å². The van der Waals surface area contributed by atoms with Crippen molar-refractivity contribution >= 4 is 11.6 Å². The Hall–Kier alpha value is -3.72. The minimum atomic E-state index is -0.0390. The summed E-state index contributed by atoms with van der Waals surface area (Å²) in [4.78, 5) is 25.8. The van der Waals surface area contributed by atoms with Crippen LogP contribution in [0.4, 0.5) is 0 Å². The van der Waals surface area contributed by atoms with Gasteiger partial charge in [0.15, 0.2) is 0 Å². The Balaban J connectivity index is 1.18. The molecular weight excluding hydrogens is 396 g/mol. The second-order valence-corrected chi connectivity index (χ2v) is 7.40. The van der Waals surface area contributed by atoms with Crippen LogP contribution < -0.4 is 4.74 Å². The summed E-state index contributed by atoms with van der Waals surface area (Å²) in [5.74, 6) is 1.86. The van der Waals surface area contributed by atoms with Gasteiger partial charge in [0.2, 0.25) is 11.7 Å². The Kier molecular flexibility index (Phi) is 5.09. The van der Waals surface area contributed by atoms with Crippen molar-refractivity contribution in [2.24, 2.45) is 0 Å². The van der Waals surface area contributed by atoms with Crippen LogP contribution in [0, 0.1) is 0 Å². The van der Waals surface area contributed by atoms with E-state index in [0.717, 1.165) is 30.0 Å². The number of pyridine rings is 1. The molecule has 1 aliphatic rings. The molecule has 0 aliphatic carbocycles. The summed E-state index contributed by atoms with van der Waals surface area (Å²) in [6, 6.07) is 13.2. The standard InChI is InChI=1S/C22H22N6O3/c1-30-17-7-5-16(6-8-17)21-24-20(31-25-21)15-26-10-12-27(13-11-26)22(29)18-14-28-9-3-2-4-19(28)23-18/h2-9,14H,10-13,15H2,1H3. The molecule has 1 aliphatic heterocycles. The summed E-state index contributed by atoms with van der Waals surface area (Å²) < 4.78 is 12.5. The summed E-state index contributed by atoms with van der Waals surface area (Å²) in [7, 11) is 1.63. The molecule has 4 aromatic rings. The Labute approximate surface area is 178 Å². The lowest BCUT2D eigenvalue weighted by atomic mass is 10.2. The monoisotopic (exact) mass is 418 g/mol. The van der Waals surface area contributed by atoms with Crippen molar-refractivity contribution in [3.05, 3.63) is 66.4 Å². The number of amides is 1. The summed E-state index contributed by atoms with van der Waals surface area (Å²) in [5.41, 5.74) is 2.12. The van der Waals surface area contributed by atoms with E-state index in [0.29, 0.717) is 37.0 Å². The first-order valence-corrected chi connectivity index (χ1v) is 10.1. The fraction of sp³-hybridized carbons (Fsp3) is 0.273. The number of hydrogen-bond acceptors (Lipinski definition) is 7. The number of piperazine rings is 1. The van der Waals surface area contributed by atoms with Crippen LogP contribution in [0.3, 0.4) is 0 Å². The first-order chi connectivity index (χ1) is 15.2. The zero-order valence-electron chi connectivity index (χ0n) is 17.1. The third kappa shape index (κ3) is 3.99. The molecule has 0 atom stereocenters. The van der Waals surface area contributed by atoms with Gasteiger partial charge in [0, 0.05) is 44.1 Å². The molecule has 1 amide bonds. The molecule has 1 fully saturated rings. The number of carbonyl (C=O) groups is 1. The van der Waals surface area contributed by atoms with E-state index in [1.165, 1.54) is 0 Å². The molecule has 9 nitrogen and oxygen atoms in total. The Morgan fingerprint density at radius 1 is 1.06 bits per heavy atom. The number of carbonyl (C=O) groups excluding carboxylic acids is 1. The van der Waals surface area contributed by atoms with Gasteiger partial charge in [0.05, 0.1) is 13.7 Å². The zero-order valence-corrected chi connectivity index (χ0v) is 17.1. The number of nitrogens with zero attached hydrogens (tertiary/aromatic N) is 6. The van der Waals surface area contributed by atoms with E-state index in [4.69, 9.17) is 9.26 Å². The Morgan fingerprint density at radius 2 is 1.87 bits per heavy atom. The maximum Gasteiger partial charge on any atom is 0.274 e. The fourth-order valence-corrected chi connectivity index (χ4v) is 3.68. The predicted molar refractivity (Wildman–Crippen MR) is 113 cm³/mol. The second-order valence-electron chi connectivity index (χ2n) is 7.40. The van der Waals surface area contributed by atoms with Crippen molar-refractivity contribution in [3.8, 4) is 17.1 Å². The van der Waals surface area contributed by atoms with Gasteiger partial charge in [-0.1, -0.05) is 11.2 Å². The first-order valence-electron chi connectivity index (χ1n) is 10.1. The van der Waals surface area contributed by atoms with E-state index in [2.05, 4.69) is 20.0 Å². The molecule has 1 aromatic carbocycles. The molecule has 3 aromatic heterocycles. The number of imidazole rings is 1. The van der Waals surface area contributed by atoms with Gasteiger partial charge in [-0.2, -0.15) is 4.98 Å². The SMILES string of the molecule is COc1ccc(-c2noc(CN3CCN(C(=O)c4cn5ccccc5n4)CC3)n2)cc1. The van der Waals surface area contributed by atoms with Gasteiger partial charge in [-0.05, 0) is 36.4 Å². The quantitative estimate of drug-likeness (QED) is 0.491. The molecule has 0 unspecified atom stereocenters. The van der Waals surface area contributed by atoms with Crippen molar-refractivity contribution in [2.45, 2.75) is 6.54 Å². The van der Waals surface area contributed by atoms with Gasteiger partial charge >= 0.3 is 0 Å². The summed E-state index contributed by atoms with van der Waals surface area (Å²) in [6.07, 6.45) is 3.67. The number of benzene rings is 1. The van der Waals surface area contributed by atoms with Gasteiger partial charge in [-0.25, -0.2) is 4.98 Å². The minimum Gasteiger partial charge on any atom is -0.497 e. The van der Waals surface area contributed by atoms with E-state index < -0.39 is 0 Å². The normalized spacial score (nSPS) is 14.8. The first kappa shape index (κ1) is 19.3. The van der Waals surface area contributed by atoms with Crippen LogP contribution in [0.25, 0.3) is 17.0 Å². The van der Waals surface area contributed by atoms with Crippen LogP contribution in [-0.2, 0) is 6.54 Å². The van der Waals surface area contributed by atoms with E-state index >= 15 is 0 Å². The fourth-order valence-electron chi connectivity index (χ4n) is 3.68. The summed E-state index contributed by atoms with van der Waals surface area (Å²) in [5, 5.41) is 4.08. The third-order valence-electron chi connectivity index (χ3n) is 5.42. The summed E-state index contributed by atoms with van der Waals surface area (Å²) >= 11 is 0. The molecule has 0 N–H and O–H groups in total. The second kappa shape index (κ2) is 8.19. The highest BCUT2D eigenvalue weighted by atomic mass is 16.5. The molecule has 1 saturated heterocycles. The van der Waals surface area contributed by atoms with Gasteiger partial charge < -0.3 is 18.6 Å². The minimum absolute atomic E-state index is 0.0390. The van der Waals surface area contributed by atoms with Crippen molar-refractivity contribution in [2.75, 3.05) is 33.3 Å². The average Bonchev–Trinajstić information content (AvgIpc) is 3.46. The molecule has 4 heterocycles. The third-order valence-corrected chi connectivity index (χ3v) is 5.42. The largest absolute Gasteiger partial charge is 0.497 e. The molecule has 0 radical (unpaired) electrons.